The van der Waals surface area contributed by atoms with E-state index in [9.17, 15) is 19.5 Å². The number of nitrogens with zero attached hydrogens (tertiary/aromatic N) is 1. The van der Waals surface area contributed by atoms with E-state index in [2.05, 4.69) is 5.32 Å². The molecule has 1 aliphatic heterocycles. The number of rotatable bonds is 4. The van der Waals surface area contributed by atoms with Gasteiger partial charge in [0.1, 0.15) is 11.6 Å². The summed E-state index contributed by atoms with van der Waals surface area (Å²) in [6.07, 6.45) is -1.08. The molecule has 0 aromatic rings. The number of likely N-dealkylation sites (tertiary alicyclic amines) is 1. The third-order valence-electron chi connectivity index (χ3n) is 3.30. The number of aliphatic hydroxyl groups excluding tert-OH is 1. The summed E-state index contributed by atoms with van der Waals surface area (Å²) < 4.78 is 5.25. The van der Waals surface area contributed by atoms with Gasteiger partial charge < -0.3 is 25.8 Å². The molecule has 4 N–H and O–H groups in total. The van der Waals surface area contributed by atoms with Crippen molar-refractivity contribution in [2.75, 3.05) is 13.1 Å². The number of amides is 3. The summed E-state index contributed by atoms with van der Waals surface area (Å²) in [7, 11) is 0. The molecular formula is C14H25N3O5. The molecule has 0 bridgehead atoms. The molecule has 8 nitrogen and oxygen atoms in total. The van der Waals surface area contributed by atoms with Gasteiger partial charge in [-0.3, -0.25) is 9.59 Å². The average molecular weight is 315 g/mol. The molecule has 1 heterocycles. The minimum Gasteiger partial charge on any atom is -0.444 e. The summed E-state index contributed by atoms with van der Waals surface area (Å²) in [5.74, 6) is -1.66. The van der Waals surface area contributed by atoms with Gasteiger partial charge in [0.2, 0.25) is 11.8 Å². The van der Waals surface area contributed by atoms with Gasteiger partial charge in [-0.2, -0.15) is 0 Å². The van der Waals surface area contributed by atoms with Gasteiger partial charge in [0.15, 0.2) is 0 Å². The van der Waals surface area contributed by atoms with Crippen molar-refractivity contribution in [3.05, 3.63) is 0 Å². The first kappa shape index (κ1) is 18.2. The molecular weight excluding hydrogens is 290 g/mol. The summed E-state index contributed by atoms with van der Waals surface area (Å²) in [5, 5.41) is 11.9. The van der Waals surface area contributed by atoms with E-state index in [4.69, 9.17) is 10.5 Å². The summed E-state index contributed by atoms with van der Waals surface area (Å²) in [5.41, 5.74) is 4.53. The standard InChI is InChI=1S/C14H25N3O5/c1-8(18)10(11(15)19)16-12(20)9-5-6-17(7-9)13(21)22-14(2,3)4/h8-10,18H,5-7H2,1-4H3,(H2,15,19)(H,16,20)/t8-,9+,10+/m1/s1. The van der Waals surface area contributed by atoms with Crippen LogP contribution in [0.1, 0.15) is 34.1 Å². The van der Waals surface area contributed by atoms with Gasteiger partial charge in [-0.05, 0) is 34.1 Å². The highest BCUT2D eigenvalue weighted by Crippen LogP contribution is 2.19. The maximum absolute atomic E-state index is 12.1. The zero-order valence-corrected chi connectivity index (χ0v) is 13.5. The second-order valence-electron chi connectivity index (χ2n) is 6.54. The van der Waals surface area contributed by atoms with E-state index >= 15 is 0 Å². The van der Waals surface area contributed by atoms with E-state index in [0.29, 0.717) is 13.0 Å². The van der Waals surface area contributed by atoms with Gasteiger partial charge in [0.25, 0.3) is 0 Å². The van der Waals surface area contributed by atoms with Gasteiger partial charge in [0, 0.05) is 13.1 Å². The fraction of sp³-hybridized carbons (Fsp3) is 0.786. The molecule has 0 aromatic heterocycles. The number of carbonyl (C=O) groups is 3. The molecule has 1 rings (SSSR count). The van der Waals surface area contributed by atoms with Crippen LogP contribution >= 0.6 is 0 Å². The predicted octanol–water partition coefficient (Wildman–Crippen LogP) is -0.406. The maximum Gasteiger partial charge on any atom is 0.410 e. The van der Waals surface area contributed by atoms with E-state index in [1.54, 1.807) is 20.8 Å². The van der Waals surface area contributed by atoms with Gasteiger partial charge in [0.05, 0.1) is 12.0 Å². The third kappa shape index (κ3) is 5.18. The lowest BCUT2D eigenvalue weighted by atomic mass is 10.1. The summed E-state index contributed by atoms with van der Waals surface area (Å²) >= 11 is 0. The molecule has 22 heavy (non-hydrogen) atoms. The smallest absolute Gasteiger partial charge is 0.410 e. The average Bonchev–Trinajstić information content (AvgIpc) is 2.82. The highest BCUT2D eigenvalue weighted by atomic mass is 16.6. The van der Waals surface area contributed by atoms with Crippen molar-refractivity contribution in [1.29, 1.82) is 0 Å². The van der Waals surface area contributed by atoms with Crippen LogP contribution in [0.15, 0.2) is 0 Å². The Balaban J connectivity index is 2.57. The second kappa shape index (κ2) is 6.95. The molecule has 1 saturated heterocycles. The van der Waals surface area contributed by atoms with E-state index in [-0.39, 0.29) is 6.54 Å². The number of aliphatic hydroxyl groups is 1. The fourth-order valence-corrected chi connectivity index (χ4v) is 2.17. The number of nitrogens with one attached hydrogen (secondary N) is 1. The topological polar surface area (TPSA) is 122 Å². The van der Waals surface area contributed by atoms with Crippen molar-refractivity contribution >= 4 is 17.9 Å². The molecule has 0 saturated carbocycles. The Morgan fingerprint density at radius 1 is 1.36 bits per heavy atom. The largest absolute Gasteiger partial charge is 0.444 e. The van der Waals surface area contributed by atoms with Crippen LogP contribution in [0.2, 0.25) is 0 Å². The summed E-state index contributed by atoms with van der Waals surface area (Å²) in [4.78, 5) is 36.7. The molecule has 1 fully saturated rings. The van der Waals surface area contributed by atoms with Gasteiger partial charge >= 0.3 is 6.09 Å². The van der Waals surface area contributed by atoms with E-state index in [1.165, 1.54) is 11.8 Å². The van der Waals surface area contributed by atoms with Gasteiger partial charge in [-0.1, -0.05) is 0 Å². The Labute approximate surface area is 130 Å². The Hall–Kier alpha value is -1.83. The van der Waals surface area contributed by atoms with Crippen LogP contribution in [-0.2, 0) is 14.3 Å². The monoisotopic (exact) mass is 315 g/mol. The molecule has 0 radical (unpaired) electrons. The van der Waals surface area contributed by atoms with Crippen LogP contribution in [0.3, 0.4) is 0 Å². The van der Waals surface area contributed by atoms with Crippen LogP contribution in [0, 0.1) is 5.92 Å². The van der Waals surface area contributed by atoms with Crippen molar-refractivity contribution in [2.45, 2.75) is 51.9 Å². The quantitative estimate of drug-likeness (QED) is 0.651. The van der Waals surface area contributed by atoms with Crippen molar-refractivity contribution < 1.29 is 24.2 Å². The lowest BCUT2D eigenvalue weighted by molar-refractivity contribution is -0.131. The van der Waals surface area contributed by atoms with Crippen LogP contribution < -0.4 is 11.1 Å². The number of carbonyl (C=O) groups excluding carboxylic acids is 3. The first-order chi connectivity index (χ1) is 10.0. The summed E-state index contributed by atoms with van der Waals surface area (Å²) in [6, 6.07) is -1.14. The zero-order chi connectivity index (χ0) is 17.1. The minimum absolute atomic E-state index is 0.214. The Morgan fingerprint density at radius 3 is 2.41 bits per heavy atom. The summed E-state index contributed by atoms with van der Waals surface area (Å²) in [6.45, 7) is 7.30. The van der Waals surface area contributed by atoms with E-state index in [0.717, 1.165) is 0 Å². The van der Waals surface area contributed by atoms with Crippen molar-refractivity contribution in [3.63, 3.8) is 0 Å². The third-order valence-corrected chi connectivity index (χ3v) is 3.30. The Morgan fingerprint density at radius 2 is 1.95 bits per heavy atom. The second-order valence-corrected chi connectivity index (χ2v) is 6.54. The molecule has 8 heteroatoms. The van der Waals surface area contributed by atoms with Crippen molar-refractivity contribution in [3.8, 4) is 0 Å². The molecule has 126 valence electrons. The number of ether oxygens (including phenoxy) is 1. The molecule has 0 aromatic carbocycles. The minimum atomic E-state index is -1.14. The van der Waals surface area contributed by atoms with E-state index in [1.807, 2.05) is 0 Å². The number of hydrogen-bond donors (Lipinski definition) is 3. The Kier molecular flexibility index (Phi) is 5.76. The zero-order valence-electron chi connectivity index (χ0n) is 13.5. The lowest BCUT2D eigenvalue weighted by Gasteiger charge is -2.24. The SMILES string of the molecule is C[C@@H](O)[C@H](NC(=O)[C@H]1CCN(C(=O)OC(C)(C)C)C1)C(N)=O. The maximum atomic E-state index is 12.1. The number of hydrogen-bond acceptors (Lipinski definition) is 5. The molecule has 3 atom stereocenters. The molecule has 1 aliphatic rings. The lowest BCUT2D eigenvalue weighted by Crippen LogP contribution is -2.52. The number of primary amides is 1. The van der Waals surface area contributed by atoms with Gasteiger partial charge in [-0.25, -0.2) is 4.79 Å². The normalized spacial score (nSPS) is 21.1. The highest BCUT2D eigenvalue weighted by molar-refractivity contribution is 5.88. The highest BCUT2D eigenvalue weighted by Gasteiger charge is 2.35. The molecule has 0 unspecified atom stereocenters. The Bertz CT molecular complexity index is 444. The first-order valence-electron chi connectivity index (χ1n) is 7.27. The molecule has 0 spiro atoms. The van der Waals surface area contributed by atoms with Crippen molar-refractivity contribution in [1.82, 2.24) is 10.2 Å². The van der Waals surface area contributed by atoms with Gasteiger partial charge in [-0.15, -0.1) is 0 Å². The van der Waals surface area contributed by atoms with Crippen LogP contribution in [0.25, 0.3) is 0 Å². The number of nitrogens with two attached hydrogens (primary N) is 1. The van der Waals surface area contributed by atoms with E-state index < -0.39 is 41.6 Å². The fourth-order valence-electron chi connectivity index (χ4n) is 2.17. The first-order valence-corrected chi connectivity index (χ1v) is 7.27. The van der Waals surface area contributed by atoms with Crippen LogP contribution in [-0.4, -0.2) is 58.8 Å². The predicted molar refractivity (Wildman–Crippen MR) is 78.7 cm³/mol. The van der Waals surface area contributed by atoms with Crippen LogP contribution in [0.4, 0.5) is 4.79 Å². The van der Waals surface area contributed by atoms with Crippen molar-refractivity contribution in [2.24, 2.45) is 11.7 Å². The molecule has 3 amide bonds. The molecule has 0 aliphatic carbocycles. The van der Waals surface area contributed by atoms with Crippen LogP contribution in [0.5, 0.6) is 0 Å².